The molecular formula is C18H17Cl2NO4. The Balaban J connectivity index is 2.24. The van der Waals surface area contributed by atoms with Gasteiger partial charge in [0.2, 0.25) is 0 Å². The lowest BCUT2D eigenvalue weighted by Gasteiger charge is -2.34. The second kappa shape index (κ2) is 7.76. The number of likely N-dealkylation sites (N-methyl/N-ethyl adjacent to an activating group) is 1. The highest BCUT2D eigenvalue weighted by molar-refractivity contribution is 6.42. The Bertz CT molecular complexity index is 782. The Morgan fingerprint density at radius 3 is 2.32 bits per heavy atom. The summed E-state index contributed by atoms with van der Waals surface area (Å²) in [6.45, 7) is 1.44. The third-order valence-electron chi connectivity index (χ3n) is 4.05. The summed E-state index contributed by atoms with van der Waals surface area (Å²) in [5, 5.41) is 10.2. The van der Waals surface area contributed by atoms with Crippen molar-refractivity contribution in [1.82, 2.24) is 4.90 Å². The third-order valence-corrected chi connectivity index (χ3v) is 4.79. The number of amides is 1. The molecule has 0 spiro atoms. The SMILES string of the molecule is CN(C(=O)OCc1ccccc1)C(C)(C(=O)O)c1ccc(Cl)c(Cl)c1. The molecule has 5 nitrogen and oxygen atoms in total. The molecule has 1 unspecified atom stereocenters. The van der Waals surface area contributed by atoms with Gasteiger partial charge in [-0.15, -0.1) is 0 Å². The zero-order chi connectivity index (χ0) is 18.6. The average molecular weight is 382 g/mol. The van der Waals surface area contributed by atoms with Crippen molar-refractivity contribution in [3.8, 4) is 0 Å². The molecule has 1 N–H and O–H groups in total. The van der Waals surface area contributed by atoms with Gasteiger partial charge in [-0.05, 0) is 30.2 Å². The summed E-state index contributed by atoms with van der Waals surface area (Å²) in [6.07, 6.45) is -0.764. The van der Waals surface area contributed by atoms with Gasteiger partial charge in [0.05, 0.1) is 10.0 Å². The highest BCUT2D eigenvalue weighted by atomic mass is 35.5. The lowest BCUT2D eigenvalue weighted by Crippen LogP contribution is -2.50. The minimum Gasteiger partial charge on any atom is -0.479 e. The van der Waals surface area contributed by atoms with Crippen molar-refractivity contribution in [2.45, 2.75) is 19.1 Å². The number of halogens is 2. The van der Waals surface area contributed by atoms with Crippen LogP contribution in [0, 0.1) is 0 Å². The highest BCUT2D eigenvalue weighted by Crippen LogP contribution is 2.33. The van der Waals surface area contributed by atoms with E-state index < -0.39 is 17.6 Å². The third kappa shape index (κ3) is 4.06. The first-order valence-electron chi connectivity index (χ1n) is 7.40. The van der Waals surface area contributed by atoms with E-state index in [2.05, 4.69) is 0 Å². The van der Waals surface area contributed by atoms with Gasteiger partial charge < -0.3 is 9.84 Å². The Kier molecular flexibility index (Phi) is 5.93. The summed E-state index contributed by atoms with van der Waals surface area (Å²) >= 11 is 11.9. The van der Waals surface area contributed by atoms with Gasteiger partial charge in [-0.25, -0.2) is 9.59 Å². The van der Waals surface area contributed by atoms with Gasteiger partial charge in [0.15, 0.2) is 5.54 Å². The first-order chi connectivity index (χ1) is 11.8. The minimum atomic E-state index is -1.66. The van der Waals surface area contributed by atoms with Crippen LogP contribution < -0.4 is 0 Å². The molecule has 0 heterocycles. The summed E-state index contributed by atoms with van der Waals surface area (Å²) in [7, 11) is 1.37. The van der Waals surface area contributed by atoms with E-state index in [0.29, 0.717) is 10.6 Å². The molecule has 2 aromatic rings. The molecule has 0 aliphatic rings. The number of benzene rings is 2. The Morgan fingerprint density at radius 1 is 1.12 bits per heavy atom. The van der Waals surface area contributed by atoms with Gasteiger partial charge in [0, 0.05) is 7.05 Å². The number of carbonyl (C=O) groups is 2. The van der Waals surface area contributed by atoms with Gasteiger partial charge in [0.25, 0.3) is 0 Å². The average Bonchev–Trinajstić information content (AvgIpc) is 2.61. The van der Waals surface area contributed by atoms with Gasteiger partial charge in [-0.1, -0.05) is 59.6 Å². The Hall–Kier alpha value is -2.24. The Labute approximate surface area is 155 Å². The molecule has 0 saturated heterocycles. The normalized spacial score (nSPS) is 13.0. The van der Waals surface area contributed by atoms with Crippen LogP contribution in [0.25, 0.3) is 0 Å². The zero-order valence-electron chi connectivity index (χ0n) is 13.7. The molecule has 2 rings (SSSR count). The first-order valence-corrected chi connectivity index (χ1v) is 8.16. The van der Waals surface area contributed by atoms with Crippen LogP contribution in [-0.4, -0.2) is 29.1 Å². The van der Waals surface area contributed by atoms with E-state index in [9.17, 15) is 14.7 Å². The van der Waals surface area contributed by atoms with E-state index in [1.807, 2.05) is 30.3 Å². The van der Waals surface area contributed by atoms with Crippen LogP contribution in [-0.2, 0) is 21.7 Å². The maximum Gasteiger partial charge on any atom is 0.411 e. The maximum atomic E-state index is 12.4. The number of hydrogen-bond acceptors (Lipinski definition) is 3. The fraction of sp³-hybridized carbons (Fsp3) is 0.222. The van der Waals surface area contributed by atoms with Crippen molar-refractivity contribution in [3.05, 3.63) is 69.7 Å². The van der Waals surface area contributed by atoms with Crippen LogP contribution in [0.5, 0.6) is 0 Å². The van der Waals surface area contributed by atoms with Gasteiger partial charge in [0.1, 0.15) is 6.61 Å². The molecule has 0 bridgehead atoms. The summed E-state index contributed by atoms with van der Waals surface area (Å²) in [5.74, 6) is -1.22. The van der Waals surface area contributed by atoms with Crippen molar-refractivity contribution >= 4 is 35.3 Å². The van der Waals surface area contributed by atoms with Gasteiger partial charge in [-0.3, -0.25) is 4.90 Å². The van der Waals surface area contributed by atoms with E-state index in [-0.39, 0.29) is 11.6 Å². The number of carboxylic acid groups (broad SMARTS) is 1. The number of carbonyl (C=O) groups excluding carboxylic acids is 1. The summed E-state index contributed by atoms with van der Waals surface area (Å²) < 4.78 is 5.23. The largest absolute Gasteiger partial charge is 0.479 e. The fourth-order valence-electron chi connectivity index (χ4n) is 2.26. The molecule has 1 atom stereocenters. The minimum absolute atomic E-state index is 0.0427. The van der Waals surface area contributed by atoms with Crippen LogP contribution in [0.15, 0.2) is 48.5 Å². The van der Waals surface area contributed by atoms with Crippen molar-refractivity contribution in [3.63, 3.8) is 0 Å². The molecule has 0 radical (unpaired) electrons. The highest BCUT2D eigenvalue weighted by Gasteiger charge is 2.43. The van der Waals surface area contributed by atoms with Crippen molar-refractivity contribution in [2.75, 3.05) is 7.05 Å². The molecular weight excluding hydrogens is 365 g/mol. The molecule has 0 fully saturated rings. The van der Waals surface area contributed by atoms with Crippen molar-refractivity contribution in [1.29, 1.82) is 0 Å². The van der Waals surface area contributed by atoms with Crippen LogP contribution in [0.2, 0.25) is 10.0 Å². The lowest BCUT2D eigenvalue weighted by molar-refractivity contribution is -0.149. The van der Waals surface area contributed by atoms with Crippen LogP contribution >= 0.6 is 23.2 Å². The van der Waals surface area contributed by atoms with Gasteiger partial charge >= 0.3 is 12.1 Å². The zero-order valence-corrected chi connectivity index (χ0v) is 15.2. The molecule has 0 aliphatic carbocycles. The lowest BCUT2D eigenvalue weighted by atomic mass is 9.91. The Morgan fingerprint density at radius 2 is 1.76 bits per heavy atom. The monoisotopic (exact) mass is 381 g/mol. The predicted molar refractivity (Wildman–Crippen MR) is 95.8 cm³/mol. The van der Waals surface area contributed by atoms with E-state index in [1.54, 1.807) is 0 Å². The topological polar surface area (TPSA) is 66.8 Å². The summed E-state index contributed by atoms with van der Waals surface area (Å²) in [4.78, 5) is 25.3. The molecule has 0 aromatic heterocycles. The van der Waals surface area contributed by atoms with Gasteiger partial charge in [-0.2, -0.15) is 0 Å². The van der Waals surface area contributed by atoms with Crippen LogP contribution in [0.4, 0.5) is 4.79 Å². The standard InChI is InChI=1S/C18H17Cl2NO4/c1-18(16(22)23,13-8-9-14(19)15(20)10-13)21(2)17(24)25-11-12-6-4-3-5-7-12/h3-10H,11H2,1-2H3,(H,22,23). The van der Waals surface area contributed by atoms with Crippen LogP contribution in [0.3, 0.4) is 0 Å². The number of rotatable bonds is 5. The summed E-state index contributed by atoms with van der Waals surface area (Å²) in [6, 6.07) is 13.5. The molecule has 132 valence electrons. The fourth-order valence-corrected chi connectivity index (χ4v) is 2.56. The number of hydrogen-bond donors (Lipinski definition) is 1. The van der Waals surface area contributed by atoms with Crippen molar-refractivity contribution in [2.24, 2.45) is 0 Å². The smallest absolute Gasteiger partial charge is 0.411 e. The first kappa shape index (κ1) is 19.1. The molecule has 7 heteroatoms. The molecule has 25 heavy (non-hydrogen) atoms. The molecule has 1 amide bonds. The van der Waals surface area contributed by atoms with Crippen LogP contribution in [0.1, 0.15) is 18.1 Å². The second-order valence-electron chi connectivity index (χ2n) is 5.61. The van der Waals surface area contributed by atoms with E-state index in [1.165, 1.54) is 32.2 Å². The number of carboxylic acids is 1. The summed E-state index contributed by atoms with van der Waals surface area (Å²) in [5.41, 5.74) is -0.550. The van der Waals surface area contributed by atoms with E-state index in [0.717, 1.165) is 10.5 Å². The quantitative estimate of drug-likeness (QED) is 0.823. The molecule has 0 aliphatic heterocycles. The number of aliphatic carboxylic acids is 1. The van der Waals surface area contributed by atoms with E-state index >= 15 is 0 Å². The number of ether oxygens (including phenoxy) is 1. The molecule has 0 saturated carbocycles. The van der Waals surface area contributed by atoms with Crippen molar-refractivity contribution < 1.29 is 19.4 Å². The predicted octanol–water partition coefficient (Wildman–Crippen LogP) is 4.56. The maximum absolute atomic E-state index is 12.4. The molecule has 2 aromatic carbocycles. The second-order valence-corrected chi connectivity index (χ2v) is 6.42. The number of nitrogens with zero attached hydrogens (tertiary/aromatic N) is 1. The van der Waals surface area contributed by atoms with E-state index in [4.69, 9.17) is 27.9 Å².